The fourth-order valence-electron chi connectivity index (χ4n) is 2.87. The van der Waals surface area contributed by atoms with E-state index in [1.54, 1.807) is 0 Å². The number of H-pyrrole nitrogens is 1. The predicted molar refractivity (Wildman–Crippen MR) is 87.2 cm³/mol. The number of aromatic nitrogens is 2. The third-order valence-corrected chi connectivity index (χ3v) is 4.68. The summed E-state index contributed by atoms with van der Waals surface area (Å²) < 4.78 is 3.25. The van der Waals surface area contributed by atoms with Crippen molar-refractivity contribution in [3.05, 3.63) is 52.0 Å². The Morgan fingerprint density at radius 1 is 1.10 bits per heavy atom. The van der Waals surface area contributed by atoms with Gasteiger partial charge < -0.3 is 29.0 Å². The molecular weight excluding hydrogens is 462 g/mol. The van der Waals surface area contributed by atoms with E-state index in [4.69, 9.17) is 11.6 Å². The summed E-state index contributed by atoms with van der Waals surface area (Å²) >= 11 is 10.1. The van der Waals surface area contributed by atoms with Crippen LogP contribution in [0.1, 0.15) is 0 Å². The lowest BCUT2D eigenvalue weighted by atomic mass is 10.1. The molecule has 0 spiro atoms. The summed E-state index contributed by atoms with van der Waals surface area (Å²) in [4.78, 5) is 3.44. The number of benzene rings is 2. The minimum atomic E-state index is 0. The van der Waals surface area contributed by atoms with E-state index in [1.165, 1.54) is 5.39 Å². The zero-order valence-corrected chi connectivity index (χ0v) is 15.6. The van der Waals surface area contributed by atoms with E-state index < -0.39 is 0 Å². The fraction of sp³-hybridized carbons (Fsp3) is 0.0625. The van der Waals surface area contributed by atoms with E-state index in [1.807, 2.05) is 12.1 Å². The highest BCUT2D eigenvalue weighted by atomic mass is 127. The second-order valence-electron chi connectivity index (χ2n) is 4.93. The Morgan fingerprint density at radius 2 is 1.86 bits per heavy atom. The molecule has 0 bridgehead atoms. The van der Waals surface area contributed by atoms with Crippen LogP contribution < -0.4 is 28.5 Å². The van der Waals surface area contributed by atoms with Crippen LogP contribution >= 0.6 is 27.5 Å². The molecule has 0 saturated carbocycles. The van der Waals surface area contributed by atoms with Gasteiger partial charge in [0.05, 0.1) is 21.3 Å². The number of fused-ring (bicyclic) bond motifs is 4. The monoisotopic (exact) mass is 472 g/mol. The predicted octanol–water partition coefficient (Wildman–Crippen LogP) is 1.72. The molecule has 1 N–H and O–H groups in total. The highest BCUT2D eigenvalue weighted by Crippen LogP contribution is 2.33. The van der Waals surface area contributed by atoms with Crippen molar-refractivity contribution in [2.45, 2.75) is 0 Å². The number of aryl methyl sites for hydroxylation is 1. The van der Waals surface area contributed by atoms with E-state index in [9.17, 15) is 0 Å². The molecule has 2 aromatic heterocycles. The second-order valence-corrected chi connectivity index (χ2v) is 6.22. The van der Waals surface area contributed by atoms with E-state index in [0.717, 1.165) is 36.9 Å². The number of rotatable bonds is 0. The van der Waals surface area contributed by atoms with Gasteiger partial charge in [0.25, 0.3) is 0 Å². The van der Waals surface area contributed by atoms with Crippen LogP contribution in [0, 0.1) is 0 Å². The first-order chi connectivity index (χ1) is 9.66. The maximum atomic E-state index is 6.60. The quantitative estimate of drug-likeness (QED) is 0.297. The molecule has 2 nitrogen and oxygen atoms in total. The summed E-state index contributed by atoms with van der Waals surface area (Å²) in [6.07, 6.45) is 0. The molecule has 0 unspecified atom stereocenters. The molecule has 0 radical (unpaired) electrons. The van der Waals surface area contributed by atoms with Crippen molar-refractivity contribution in [3.63, 3.8) is 0 Å². The molecular formula is C16H11BrClIN2. The smallest absolute Gasteiger partial charge is 0.240 e. The number of hydrogen-bond acceptors (Lipinski definition) is 0. The molecule has 4 rings (SSSR count). The highest BCUT2D eigenvalue weighted by Gasteiger charge is 2.21. The third-order valence-electron chi connectivity index (χ3n) is 3.79. The van der Waals surface area contributed by atoms with Gasteiger partial charge in [-0.1, -0.05) is 39.7 Å². The fourth-order valence-corrected chi connectivity index (χ4v) is 3.53. The summed E-state index contributed by atoms with van der Waals surface area (Å²) in [5.41, 5.74) is 4.34. The van der Waals surface area contributed by atoms with Gasteiger partial charge >= 0.3 is 0 Å². The lowest BCUT2D eigenvalue weighted by Crippen LogP contribution is -3.00. The Hall–Kier alpha value is -0.850. The van der Waals surface area contributed by atoms with Crippen LogP contribution in [0.2, 0.25) is 5.02 Å². The minimum absolute atomic E-state index is 0. The third kappa shape index (κ3) is 2.15. The van der Waals surface area contributed by atoms with E-state index >= 15 is 0 Å². The molecule has 4 aromatic rings. The standard InChI is InChI=1S/C16H10BrClN2.HI/c1-20-13-5-3-2-4-11(13)14(18)15-16(20)10-7-6-9(17)8-12(10)19-15;/h2-8H,1H3;1H. The van der Waals surface area contributed by atoms with Gasteiger partial charge in [0.2, 0.25) is 11.0 Å². The first-order valence-corrected chi connectivity index (χ1v) is 7.51. The Balaban J connectivity index is 0.00000132. The molecule has 2 aromatic carbocycles. The summed E-state index contributed by atoms with van der Waals surface area (Å²) in [5, 5.41) is 3.02. The molecule has 0 fully saturated rings. The van der Waals surface area contributed by atoms with Gasteiger partial charge in [-0.2, -0.15) is 4.57 Å². The van der Waals surface area contributed by atoms with Crippen LogP contribution in [0.3, 0.4) is 0 Å². The van der Waals surface area contributed by atoms with Crippen molar-refractivity contribution < 1.29 is 28.5 Å². The number of nitrogens with zero attached hydrogens (tertiary/aromatic N) is 1. The molecule has 0 aliphatic rings. The van der Waals surface area contributed by atoms with Gasteiger partial charge in [-0.25, -0.2) is 0 Å². The molecule has 0 amide bonds. The number of para-hydroxylation sites is 1. The van der Waals surface area contributed by atoms with E-state index in [2.05, 4.69) is 62.9 Å². The lowest BCUT2D eigenvalue weighted by Gasteiger charge is -2.01. The Labute approximate surface area is 152 Å². The van der Waals surface area contributed by atoms with Crippen LogP contribution in [0.4, 0.5) is 0 Å². The van der Waals surface area contributed by atoms with Gasteiger partial charge in [-0.3, -0.25) is 0 Å². The zero-order chi connectivity index (χ0) is 13.9. The van der Waals surface area contributed by atoms with Crippen LogP contribution in [0.5, 0.6) is 0 Å². The van der Waals surface area contributed by atoms with Crippen molar-refractivity contribution in [1.29, 1.82) is 0 Å². The van der Waals surface area contributed by atoms with E-state index in [-0.39, 0.29) is 24.0 Å². The molecule has 0 atom stereocenters. The number of halogens is 3. The van der Waals surface area contributed by atoms with Crippen LogP contribution in [-0.4, -0.2) is 4.98 Å². The van der Waals surface area contributed by atoms with Gasteiger partial charge in [0, 0.05) is 10.5 Å². The summed E-state index contributed by atoms with van der Waals surface area (Å²) in [6.45, 7) is 0. The van der Waals surface area contributed by atoms with Crippen molar-refractivity contribution in [3.8, 4) is 0 Å². The molecule has 21 heavy (non-hydrogen) atoms. The van der Waals surface area contributed by atoms with Gasteiger partial charge in [-0.05, 0) is 24.3 Å². The molecule has 0 saturated heterocycles. The van der Waals surface area contributed by atoms with Crippen molar-refractivity contribution in [2.24, 2.45) is 7.05 Å². The van der Waals surface area contributed by atoms with Gasteiger partial charge in [-0.15, -0.1) is 0 Å². The van der Waals surface area contributed by atoms with Crippen LogP contribution in [0.15, 0.2) is 46.9 Å². The van der Waals surface area contributed by atoms with Crippen molar-refractivity contribution in [2.75, 3.05) is 0 Å². The Kier molecular flexibility index (Phi) is 3.88. The summed E-state index contributed by atoms with van der Waals surface area (Å²) in [6, 6.07) is 14.4. The van der Waals surface area contributed by atoms with Crippen LogP contribution in [0.25, 0.3) is 32.8 Å². The summed E-state index contributed by atoms with van der Waals surface area (Å²) in [7, 11) is 2.08. The average molecular weight is 474 g/mol. The van der Waals surface area contributed by atoms with E-state index in [0.29, 0.717) is 0 Å². The molecule has 106 valence electrons. The number of pyridine rings is 1. The first-order valence-electron chi connectivity index (χ1n) is 6.34. The normalized spacial score (nSPS) is 11.2. The average Bonchev–Trinajstić information content (AvgIpc) is 2.83. The lowest BCUT2D eigenvalue weighted by molar-refractivity contribution is -0.616. The highest BCUT2D eigenvalue weighted by molar-refractivity contribution is 9.10. The molecule has 0 aliphatic carbocycles. The second kappa shape index (κ2) is 5.41. The number of hydrogen-bond donors (Lipinski definition) is 1. The topological polar surface area (TPSA) is 19.7 Å². The minimum Gasteiger partial charge on any atom is -1.00 e. The van der Waals surface area contributed by atoms with Crippen molar-refractivity contribution in [1.82, 2.24) is 4.98 Å². The zero-order valence-electron chi connectivity index (χ0n) is 11.1. The maximum Gasteiger partial charge on any atom is 0.240 e. The largest absolute Gasteiger partial charge is 1.00 e. The van der Waals surface area contributed by atoms with Crippen LogP contribution in [-0.2, 0) is 7.05 Å². The van der Waals surface area contributed by atoms with Gasteiger partial charge in [0.1, 0.15) is 12.6 Å². The molecule has 2 heterocycles. The van der Waals surface area contributed by atoms with Crippen molar-refractivity contribution >= 4 is 60.4 Å². The number of aromatic amines is 1. The van der Waals surface area contributed by atoms with Gasteiger partial charge in [0.15, 0.2) is 0 Å². The maximum absolute atomic E-state index is 6.60. The number of nitrogens with one attached hydrogen (secondary N) is 1. The molecule has 0 aliphatic heterocycles. The summed E-state index contributed by atoms with van der Waals surface area (Å²) in [5.74, 6) is 0. The Morgan fingerprint density at radius 3 is 2.67 bits per heavy atom. The molecule has 5 heteroatoms. The SMILES string of the molecule is C[n+]1c2ccccc2c(Cl)c2[nH]c3cc(Br)ccc3c21.[I-]. The first kappa shape index (κ1) is 15.1. The Bertz CT molecular complexity index is 994.